The molecule has 72 valence electrons. The van der Waals surface area contributed by atoms with Gasteiger partial charge in [-0.2, -0.15) is 0 Å². The number of nitrogens with two attached hydrogens (primary N) is 1. The fourth-order valence-electron chi connectivity index (χ4n) is 1.56. The first-order valence-electron chi connectivity index (χ1n) is 4.69. The summed E-state index contributed by atoms with van der Waals surface area (Å²) < 4.78 is 0. The van der Waals surface area contributed by atoms with Crippen molar-refractivity contribution in [3.05, 3.63) is 36.0 Å². The number of nitrogen functional groups attached to an aromatic ring is 1. The minimum Gasteiger partial charge on any atom is -0.308 e. The molecule has 0 aliphatic carbocycles. The van der Waals surface area contributed by atoms with Crippen molar-refractivity contribution < 1.29 is 0 Å². The minimum absolute atomic E-state index is 0.727. The summed E-state index contributed by atoms with van der Waals surface area (Å²) >= 11 is 0. The maximum atomic E-state index is 5.37. The van der Waals surface area contributed by atoms with Crippen molar-refractivity contribution in [2.45, 2.75) is 13.3 Å². The highest BCUT2D eigenvalue weighted by atomic mass is 15.2. The summed E-state index contributed by atoms with van der Waals surface area (Å²) in [5.41, 5.74) is 3.92. The Morgan fingerprint density at radius 1 is 1.36 bits per heavy atom. The van der Waals surface area contributed by atoms with Crippen LogP contribution in [0.15, 0.2) is 30.5 Å². The quantitative estimate of drug-likeness (QED) is 0.559. The average molecular weight is 187 g/mol. The van der Waals surface area contributed by atoms with E-state index in [2.05, 4.69) is 35.5 Å². The lowest BCUT2D eigenvalue weighted by Gasteiger charge is -2.05. The number of fused-ring (bicyclic) bond motifs is 1. The van der Waals surface area contributed by atoms with Gasteiger partial charge in [-0.3, -0.25) is 0 Å². The van der Waals surface area contributed by atoms with Gasteiger partial charge >= 0.3 is 0 Å². The topological polar surface area (TPSA) is 50.9 Å². The number of hydrogen-bond donors (Lipinski definition) is 2. The number of rotatable bonds is 2. The van der Waals surface area contributed by atoms with E-state index >= 15 is 0 Å². The van der Waals surface area contributed by atoms with Gasteiger partial charge in [0.2, 0.25) is 0 Å². The zero-order valence-electron chi connectivity index (χ0n) is 8.12. The maximum absolute atomic E-state index is 5.37. The van der Waals surface area contributed by atoms with Crippen LogP contribution in [0.5, 0.6) is 0 Å². The molecule has 3 heteroatoms. The lowest BCUT2D eigenvalue weighted by Crippen LogP contribution is -2.08. The van der Waals surface area contributed by atoms with Gasteiger partial charge in [-0.15, -0.1) is 0 Å². The van der Waals surface area contributed by atoms with Crippen LogP contribution < -0.4 is 11.3 Å². The van der Waals surface area contributed by atoms with Gasteiger partial charge in [-0.25, -0.2) is 10.8 Å². The van der Waals surface area contributed by atoms with Crippen molar-refractivity contribution in [3.63, 3.8) is 0 Å². The molecule has 0 atom stereocenters. The van der Waals surface area contributed by atoms with Crippen LogP contribution in [-0.2, 0) is 6.42 Å². The van der Waals surface area contributed by atoms with Crippen LogP contribution in [0, 0.1) is 0 Å². The van der Waals surface area contributed by atoms with E-state index < -0.39 is 0 Å². The van der Waals surface area contributed by atoms with Crippen LogP contribution in [-0.4, -0.2) is 4.98 Å². The van der Waals surface area contributed by atoms with E-state index in [1.165, 1.54) is 10.9 Å². The van der Waals surface area contributed by atoms with Gasteiger partial charge in [-0.1, -0.05) is 25.1 Å². The molecule has 1 heterocycles. The molecular weight excluding hydrogens is 174 g/mol. The number of aryl methyl sites for hydroxylation is 1. The second-order valence-electron chi connectivity index (χ2n) is 3.21. The molecule has 0 fully saturated rings. The molecule has 2 rings (SSSR count). The predicted molar refractivity (Wildman–Crippen MR) is 58.9 cm³/mol. The molecule has 14 heavy (non-hydrogen) atoms. The first-order chi connectivity index (χ1) is 6.85. The minimum atomic E-state index is 0.727. The summed E-state index contributed by atoms with van der Waals surface area (Å²) in [5, 5.41) is 2.24. The van der Waals surface area contributed by atoms with E-state index in [-0.39, 0.29) is 0 Å². The standard InChI is InChI=1S/C11H13N3/c1-2-8-3-4-10-9(7-8)5-6-13-11(10)14-12/h3-7H,2,12H2,1H3,(H,13,14). The fraction of sp³-hybridized carbons (Fsp3) is 0.182. The van der Waals surface area contributed by atoms with Gasteiger partial charge in [-0.05, 0) is 23.4 Å². The number of nitrogens with zero attached hydrogens (tertiary/aromatic N) is 1. The van der Waals surface area contributed by atoms with E-state index in [0.717, 1.165) is 17.6 Å². The molecular formula is C11H13N3. The molecule has 0 spiro atoms. The first-order valence-corrected chi connectivity index (χ1v) is 4.69. The zero-order chi connectivity index (χ0) is 9.97. The van der Waals surface area contributed by atoms with E-state index in [1.54, 1.807) is 6.20 Å². The Morgan fingerprint density at radius 2 is 2.21 bits per heavy atom. The van der Waals surface area contributed by atoms with E-state index in [0.29, 0.717) is 0 Å². The van der Waals surface area contributed by atoms with Crippen molar-refractivity contribution in [3.8, 4) is 0 Å². The largest absolute Gasteiger partial charge is 0.308 e. The molecule has 0 unspecified atom stereocenters. The monoisotopic (exact) mass is 187 g/mol. The molecule has 1 aromatic heterocycles. The highest BCUT2D eigenvalue weighted by molar-refractivity contribution is 5.91. The van der Waals surface area contributed by atoms with Gasteiger partial charge in [0, 0.05) is 11.6 Å². The van der Waals surface area contributed by atoms with E-state index in [9.17, 15) is 0 Å². The van der Waals surface area contributed by atoms with Gasteiger partial charge in [0.15, 0.2) is 0 Å². The molecule has 1 aromatic carbocycles. The Kier molecular flexibility index (Phi) is 2.33. The average Bonchev–Trinajstić information content (AvgIpc) is 2.27. The first kappa shape index (κ1) is 8.97. The second-order valence-corrected chi connectivity index (χ2v) is 3.21. The summed E-state index contributed by atoms with van der Waals surface area (Å²) in [6, 6.07) is 8.31. The van der Waals surface area contributed by atoms with Crippen LogP contribution in [0.25, 0.3) is 10.8 Å². The third-order valence-corrected chi connectivity index (χ3v) is 2.37. The number of hydrogen-bond acceptors (Lipinski definition) is 3. The summed E-state index contributed by atoms with van der Waals surface area (Å²) in [6.07, 6.45) is 2.81. The Morgan fingerprint density at radius 3 is 2.93 bits per heavy atom. The molecule has 0 aliphatic heterocycles. The smallest absolute Gasteiger partial charge is 0.147 e. The summed E-state index contributed by atoms with van der Waals surface area (Å²) in [4.78, 5) is 4.14. The van der Waals surface area contributed by atoms with Gasteiger partial charge in [0.1, 0.15) is 5.82 Å². The van der Waals surface area contributed by atoms with Crippen LogP contribution in [0.1, 0.15) is 12.5 Å². The normalized spacial score (nSPS) is 10.4. The molecule has 3 N–H and O–H groups in total. The lowest BCUT2D eigenvalue weighted by atomic mass is 10.1. The number of benzene rings is 1. The summed E-state index contributed by atoms with van der Waals surface area (Å²) in [6.45, 7) is 2.14. The Labute approximate surface area is 82.9 Å². The second kappa shape index (κ2) is 3.64. The Balaban J connectivity index is 2.67. The van der Waals surface area contributed by atoms with Crippen molar-refractivity contribution in [2.24, 2.45) is 5.84 Å². The third kappa shape index (κ3) is 1.42. The number of hydrazine groups is 1. The van der Waals surface area contributed by atoms with Crippen molar-refractivity contribution in [1.29, 1.82) is 0 Å². The molecule has 0 amide bonds. The molecule has 2 aromatic rings. The van der Waals surface area contributed by atoms with Crippen molar-refractivity contribution in [1.82, 2.24) is 4.98 Å². The molecule has 0 aliphatic rings. The third-order valence-electron chi connectivity index (χ3n) is 2.37. The van der Waals surface area contributed by atoms with Crippen LogP contribution in [0.2, 0.25) is 0 Å². The highest BCUT2D eigenvalue weighted by Crippen LogP contribution is 2.21. The van der Waals surface area contributed by atoms with Gasteiger partial charge in [0.05, 0.1) is 0 Å². The van der Waals surface area contributed by atoms with Crippen LogP contribution in [0.3, 0.4) is 0 Å². The predicted octanol–water partition coefficient (Wildman–Crippen LogP) is 2.08. The zero-order valence-corrected chi connectivity index (χ0v) is 8.12. The SMILES string of the molecule is CCc1ccc2c(NN)nccc2c1. The Bertz CT molecular complexity index is 451. The van der Waals surface area contributed by atoms with Crippen LogP contribution in [0.4, 0.5) is 5.82 Å². The van der Waals surface area contributed by atoms with E-state index in [4.69, 9.17) is 5.84 Å². The van der Waals surface area contributed by atoms with Gasteiger partial charge in [0.25, 0.3) is 0 Å². The van der Waals surface area contributed by atoms with Crippen LogP contribution >= 0.6 is 0 Å². The maximum Gasteiger partial charge on any atom is 0.147 e. The summed E-state index contributed by atoms with van der Waals surface area (Å²) in [7, 11) is 0. The number of pyridine rings is 1. The molecule has 0 saturated carbocycles. The highest BCUT2D eigenvalue weighted by Gasteiger charge is 2.00. The number of aromatic nitrogens is 1. The van der Waals surface area contributed by atoms with E-state index in [1.807, 2.05) is 6.07 Å². The van der Waals surface area contributed by atoms with Crippen molar-refractivity contribution in [2.75, 3.05) is 5.43 Å². The molecule has 0 saturated heterocycles. The fourth-order valence-corrected chi connectivity index (χ4v) is 1.56. The van der Waals surface area contributed by atoms with Gasteiger partial charge < -0.3 is 5.43 Å². The molecule has 3 nitrogen and oxygen atoms in total. The molecule has 0 bridgehead atoms. The lowest BCUT2D eigenvalue weighted by molar-refractivity contribution is 1.14. The summed E-state index contributed by atoms with van der Waals surface area (Å²) in [5.74, 6) is 6.10. The number of anilines is 1. The Hall–Kier alpha value is -1.61. The molecule has 0 radical (unpaired) electrons. The van der Waals surface area contributed by atoms with Crippen molar-refractivity contribution >= 4 is 16.6 Å². The number of nitrogens with one attached hydrogen (secondary N) is 1.